The predicted octanol–water partition coefficient (Wildman–Crippen LogP) is 1.71. The van der Waals surface area contributed by atoms with E-state index in [4.69, 9.17) is 0 Å². The molecule has 2 aliphatic rings. The minimum atomic E-state index is 0.138. The summed E-state index contributed by atoms with van der Waals surface area (Å²) in [5.41, 5.74) is 0. The van der Waals surface area contributed by atoms with Gasteiger partial charge in [-0.05, 0) is 32.2 Å². The molecule has 0 radical (unpaired) electrons. The number of hydrogen-bond acceptors (Lipinski definition) is 2. The normalized spacial score (nSPS) is 29.5. The van der Waals surface area contributed by atoms with Gasteiger partial charge in [-0.1, -0.05) is 19.8 Å². The van der Waals surface area contributed by atoms with Crippen molar-refractivity contribution in [1.29, 1.82) is 0 Å². The molecule has 2 aliphatic heterocycles. The van der Waals surface area contributed by atoms with Crippen LogP contribution < -0.4 is 10.6 Å². The van der Waals surface area contributed by atoms with E-state index in [1.165, 1.54) is 19.3 Å². The van der Waals surface area contributed by atoms with Gasteiger partial charge in [0.05, 0.1) is 0 Å². The predicted molar refractivity (Wildman–Crippen MR) is 69.1 cm³/mol. The van der Waals surface area contributed by atoms with E-state index in [-0.39, 0.29) is 6.03 Å². The summed E-state index contributed by atoms with van der Waals surface area (Å²) in [5, 5.41) is 6.60. The molecule has 0 aromatic rings. The summed E-state index contributed by atoms with van der Waals surface area (Å²) in [4.78, 5) is 13.7. The Hall–Kier alpha value is -0.770. The lowest BCUT2D eigenvalue weighted by Crippen LogP contribution is -2.38. The smallest absolute Gasteiger partial charge is 0.317 e. The number of nitrogens with zero attached hydrogens (tertiary/aromatic N) is 1. The van der Waals surface area contributed by atoms with Crippen LogP contribution in [0.15, 0.2) is 0 Å². The monoisotopic (exact) mass is 239 g/mol. The first-order valence-corrected chi connectivity index (χ1v) is 7.08. The van der Waals surface area contributed by atoms with Crippen molar-refractivity contribution in [3.8, 4) is 0 Å². The molecule has 2 fully saturated rings. The molecule has 4 nitrogen and oxygen atoms in total. The average molecular weight is 239 g/mol. The highest BCUT2D eigenvalue weighted by molar-refractivity contribution is 5.76. The summed E-state index contributed by atoms with van der Waals surface area (Å²) >= 11 is 0. The maximum atomic E-state index is 11.7. The van der Waals surface area contributed by atoms with Crippen molar-refractivity contribution < 1.29 is 4.79 Å². The molecule has 2 N–H and O–H groups in total. The summed E-state index contributed by atoms with van der Waals surface area (Å²) in [6.07, 6.45) is 7.26. The third kappa shape index (κ3) is 3.60. The van der Waals surface area contributed by atoms with E-state index < -0.39 is 0 Å². The molecule has 0 saturated carbocycles. The number of amides is 2. The topological polar surface area (TPSA) is 44.4 Å². The van der Waals surface area contributed by atoms with E-state index in [0.29, 0.717) is 12.1 Å². The van der Waals surface area contributed by atoms with Gasteiger partial charge in [-0.15, -0.1) is 0 Å². The number of piperidine rings is 1. The third-order valence-electron chi connectivity index (χ3n) is 3.85. The molecule has 0 aliphatic carbocycles. The van der Waals surface area contributed by atoms with Gasteiger partial charge in [0.15, 0.2) is 0 Å². The van der Waals surface area contributed by atoms with E-state index >= 15 is 0 Å². The number of urea groups is 1. The standard InChI is InChI=1S/C13H25N3O/c1-2-5-12-10-16(13(17)15-12)9-7-11-6-3-4-8-14-11/h11-12,14H,2-10H2,1H3,(H,15,17). The molecular weight excluding hydrogens is 214 g/mol. The summed E-state index contributed by atoms with van der Waals surface area (Å²) in [7, 11) is 0. The number of nitrogens with one attached hydrogen (secondary N) is 2. The number of rotatable bonds is 5. The molecule has 17 heavy (non-hydrogen) atoms. The number of carbonyl (C=O) groups is 1. The second kappa shape index (κ2) is 6.24. The summed E-state index contributed by atoms with van der Waals surface area (Å²) in [6.45, 7) is 5.12. The lowest BCUT2D eigenvalue weighted by molar-refractivity contribution is 0.213. The molecule has 4 heteroatoms. The van der Waals surface area contributed by atoms with E-state index in [1.807, 2.05) is 4.90 Å². The van der Waals surface area contributed by atoms with Crippen LogP contribution in [-0.2, 0) is 0 Å². The van der Waals surface area contributed by atoms with Crippen molar-refractivity contribution in [3.63, 3.8) is 0 Å². The first-order chi connectivity index (χ1) is 8.29. The van der Waals surface area contributed by atoms with E-state index in [9.17, 15) is 4.79 Å². The van der Waals surface area contributed by atoms with Gasteiger partial charge < -0.3 is 15.5 Å². The SMILES string of the molecule is CCCC1CN(CCC2CCCCN2)C(=O)N1. The van der Waals surface area contributed by atoms with Crippen molar-refractivity contribution >= 4 is 6.03 Å². The van der Waals surface area contributed by atoms with Gasteiger partial charge in [0.2, 0.25) is 0 Å². The maximum Gasteiger partial charge on any atom is 0.317 e. The molecule has 2 amide bonds. The van der Waals surface area contributed by atoms with E-state index in [0.717, 1.165) is 38.9 Å². The van der Waals surface area contributed by atoms with Gasteiger partial charge in [0, 0.05) is 25.2 Å². The van der Waals surface area contributed by atoms with Gasteiger partial charge in [0.25, 0.3) is 0 Å². The van der Waals surface area contributed by atoms with Crippen LogP contribution in [-0.4, -0.2) is 42.6 Å². The van der Waals surface area contributed by atoms with Gasteiger partial charge in [-0.25, -0.2) is 4.79 Å². The van der Waals surface area contributed by atoms with Gasteiger partial charge in [0.1, 0.15) is 0 Å². The van der Waals surface area contributed by atoms with Crippen LogP contribution in [0.3, 0.4) is 0 Å². The fourth-order valence-electron chi connectivity index (χ4n) is 2.85. The lowest BCUT2D eigenvalue weighted by atomic mass is 10.0. The Kier molecular flexibility index (Phi) is 4.66. The molecule has 2 heterocycles. The Bertz CT molecular complexity index is 251. The third-order valence-corrected chi connectivity index (χ3v) is 3.85. The number of carbonyl (C=O) groups excluding carboxylic acids is 1. The highest BCUT2D eigenvalue weighted by atomic mass is 16.2. The fraction of sp³-hybridized carbons (Fsp3) is 0.923. The average Bonchev–Trinajstić information content (AvgIpc) is 2.69. The maximum absolute atomic E-state index is 11.7. The van der Waals surface area contributed by atoms with Crippen LogP contribution in [0, 0.1) is 0 Å². The summed E-state index contributed by atoms with van der Waals surface area (Å²) < 4.78 is 0. The van der Waals surface area contributed by atoms with Gasteiger partial charge in [-0.3, -0.25) is 0 Å². The zero-order chi connectivity index (χ0) is 12.1. The quantitative estimate of drug-likeness (QED) is 0.767. The van der Waals surface area contributed by atoms with Crippen LogP contribution >= 0.6 is 0 Å². The van der Waals surface area contributed by atoms with Crippen molar-refractivity contribution in [3.05, 3.63) is 0 Å². The minimum Gasteiger partial charge on any atom is -0.333 e. The van der Waals surface area contributed by atoms with E-state index in [2.05, 4.69) is 17.6 Å². The van der Waals surface area contributed by atoms with E-state index in [1.54, 1.807) is 0 Å². The van der Waals surface area contributed by atoms with Crippen molar-refractivity contribution in [2.75, 3.05) is 19.6 Å². The first-order valence-electron chi connectivity index (χ1n) is 7.08. The Morgan fingerprint density at radius 1 is 1.29 bits per heavy atom. The second-order valence-electron chi connectivity index (χ2n) is 5.32. The molecule has 0 aromatic heterocycles. The van der Waals surface area contributed by atoms with Crippen molar-refractivity contribution in [2.24, 2.45) is 0 Å². The highest BCUT2D eigenvalue weighted by Crippen LogP contribution is 2.13. The van der Waals surface area contributed by atoms with Crippen LogP contribution in [0.2, 0.25) is 0 Å². The highest BCUT2D eigenvalue weighted by Gasteiger charge is 2.28. The Morgan fingerprint density at radius 2 is 2.18 bits per heavy atom. The zero-order valence-electron chi connectivity index (χ0n) is 10.9. The number of hydrogen-bond donors (Lipinski definition) is 2. The molecule has 0 aromatic carbocycles. The van der Waals surface area contributed by atoms with Crippen molar-refractivity contribution in [1.82, 2.24) is 15.5 Å². The van der Waals surface area contributed by atoms with Crippen LogP contribution in [0.1, 0.15) is 45.4 Å². The van der Waals surface area contributed by atoms with Gasteiger partial charge in [-0.2, -0.15) is 0 Å². The molecule has 0 bridgehead atoms. The second-order valence-corrected chi connectivity index (χ2v) is 5.32. The largest absolute Gasteiger partial charge is 0.333 e. The van der Waals surface area contributed by atoms with Crippen LogP contribution in [0.4, 0.5) is 4.79 Å². The molecule has 2 atom stereocenters. The lowest BCUT2D eigenvalue weighted by Gasteiger charge is -2.25. The molecule has 0 spiro atoms. The van der Waals surface area contributed by atoms with Crippen molar-refractivity contribution in [2.45, 2.75) is 57.5 Å². The van der Waals surface area contributed by atoms with Crippen LogP contribution in [0.5, 0.6) is 0 Å². The first kappa shape index (κ1) is 12.7. The Balaban J connectivity index is 1.69. The zero-order valence-corrected chi connectivity index (χ0v) is 10.9. The summed E-state index contributed by atoms with van der Waals surface area (Å²) in [6, 6.07) is 1.15. The molecule has 98 valence electrons. The fourth-order valence-corrected chi connectivity index (χ4v) is 2.85. The molecule has 2 rings (SSSR count). The van der Waals surface area contributed by atoms with Gasteiger partial charge >= 0.3 is 6.03 Å². The Morgan fingerprint density at radius 3 is 2.88 bits per heavy atom. The molecule has 2 unspecified atom stereocenters. The van der Waals surface area contributed by atoms with Crippen LogP contribution in [0.25, 0.3) is 0 Å². The Labute approximate surface area is 104 Å². The summed E-state index contributed by atoms with van der Waals surface area (Å²) in [5.74, 6) is 0. The molecular formula is C13H25N3O. The molecule has 2 saturated heterocycles. The minimum absolute atomic E-state index is 0.138.